The van der Waals surface area contributed by atoms with Crippen molar-refractivity contribution in [1.29, 1.82) is 0 Å². The first-order valence-electron chi connectivity index (χ1n) is 7.06. The average Bonchev–Trinajstić information content (AvgIpc) is 2.49. The van der Waals surface area contributed by atoms with E-state index in [-0.39, 0.29) is 18.3 Å². The van der Waals surface area contributed by atoms with Gasteiger partial charge in [0.15, 0.2) is 6.61 Å². The molecule has 0 aliphatic rings. The van der Waals surface area contributed by atoms with Crippen LogP contribution in [0.15, 0.2) is 35.4 Å². The molecule has 0 aliphatic carbocycles. The number of hydrazone groups is 1. The first-order valence-corrected chi connectivity index (χ1v) is 9.22. The Morgan fingerprint density at radius 1 is 1.21 bits per heavy atom. The van der Waals surface area contributed by atoms with Gasteiger partial charge in [-0.05, 0) is 94.4 Å². The molecule has 0 aromatic heterocycles. The molecule has 0 spiro atoms. The molecule has 0 radical (unpaired) electrons. The van der Waals surface area contributed by atoms with E-state index in [2.05, 4.69) is 33.1 Å². The number of carbonyl (C=O) groups is 1. The number of halogens is 2. The summed E-state index contributed by atoms with van der Waals surface area (Å²) in [6.45, 7) is 3.81. The van der Waals surface area contributed by atoms with E-state index in [9.17, 15) is 9.90 Å². The summed E-state index contributed by atoms with van der Waals surface area (Å²) in [4.78, 5) is 11.8. The van der Waals surface area contributed by atoms with Crippen LogP contribution >= 0.6 is 45.2 Å². The van der Waals surface area contributed by atoms with Crippen molar-refractivity contribution in [3.8, 4) is 11.5 Å². The number of hydrogen-bond acceptors (Lipinski definition) is 4. The van der Waals surface area contributed by atoms with Crippen LogP contribution in [0.25, 0.3) is 0 Å². The number of rotatable bonds is 5. The Kier molecular flexibility index (Phi) is 6.84. The SMILES string of the molecule is Cc1cc(C)cc(OCC(=O)NN=Cc2cc(I)cc(I)c2O)c1. The second kappa shape index (κ2) is 8.65. The number of hydrogen-bond donors (Lipinski definition) is 2. The molecule has 7 heteroatoms. The van der Waals surface area contributed by atoms with Crippen molar-refractivity contribution in [3.05, 3.63) is 54.2 Å². The lowest BCUT2D eigenvalue weighted by atomic mass is 10.1. The molecule has 1 amide bonds. The summed E-state index contributed by atoms with van der Waals surface area (Å²) in [5.41, 5.74) is 5.08. The molecule has 0 saturated carbocycles. The number of aryl methyl sites for hydroxylation is 2. The fraction of sp³-hybridized carbons (Fsp3) is 0.176. The molecule has 126 valence electrons. The minimum atomic E-state index is -0.370. The highest BCUT2D eigenvalue weighted by Gasteiger charge is 2.06. The largest absolute Gasteiger partial charge is 0.506 e. The van der Waals surface area contributed by atoms with E-state index in [0.717, 1.165) is 18.3 Å². The zero-order chi connectivity index (χ0) is 17.7. The minimum absolute atomic E-state index is 0.129. The van der Waals surface area contributed by atoms with E-state index in [4.69, 9.17) is 4.74 Å². The number of ether oxygens (including phenoxy) is 1. The number of benzene rings is 2. The van der Waals surface area contributed by atoms with Gasteiger partial charge in [-0.1, -0.05) is 6.07 Å². The molecule has 0 saturated heterocycles. The Bertz CT molecular complexity index is 771. The second-order valence-electron chi connectivity index (χ2n) is 5.23. The maximum atomic E-state index is 11.8. The summed E-state index contributed by atoms with van der Waals surface area (Å²) in [7, 11) is 0. The molecule has 0 aliphatic heterocycles. The van der Waals surface area contributed by atoms with Gasteiger partial charge in [0.05, 0.1) is 9.78 Å². The Morgan fingerprint density at radius 3 is 2.54 bits per heavy atom. The first kappa shape index (κ1) is 19.0. The lowest BCUT2D eigenvalue weighted by Gasteiger charge is -2.07. The summed E-state index contributed by atoms with van der Waals surface area (Å²) in [5.74, 6) is 0.419. The van der Waals surface area contributed by atoms with Crippen LogP contribution in [-0.4, -0.2) is 23.8 Å². The molecule has 5 nitrogen and oxygen atoms in total. The van der Waals surface area contributed by atoms with E-state index in [1.165, 1.54) is 6.21 Å². The fourth-order valence-electron chi connectivity index (χ4n) is 2.06. The van der Waals surface area contributed by atoms with Gasteiger partial charge in [-0.3, -0.25) is 4.79 Å². The molecule has 2 aromatic rings. The molecule has 24 heavy (non-hydrogen) atoms. The number of phenols is 1. The minimum Gasteiger partial charge on any atom is -0.506 e. The third-order valence-electron chi connectivity index (χ3n) is 3.02. The van der Waals surface area contributed by atoms with E-state index in [1.807, 2.05) is 60.7 Å². The van der Waals surface area contributed by atoms with Crippen molar-refractivity contribution in [2.24, 2.45) is 5.10 Å². The molecule has 0 fully saturated rings. The molecule has 2 aromatic carbocycles. The summed E-state index contributed by atoms with van der Waals surface area (Å²) < 4.78 is 7.16. The molecule has 0 bridgehead atoms. The molecular formula is C17H16I2N2O3. The molecule has 0 heterocycles. The molecule has 0 unspecified atom stereocenters. The predicted octanol–water partition coefficient (Wildman–Crippen LogP) is 3.75. The summed E-state index contributed by atoms with van der Waals surface area (Å²) in [6, 6.07) is 9.40. The Labute approximate surface area is 167 Å². The zero-order valence-electron chi connectivity index (χ0n) is 13.1. The Balaban J connectivity index is 1.91. The lowest BCUT2D eigenvalue weighted by Crippen LogP contribution is -2.24. The van der Waals surface area contributed by atoms with Gasteiger partial charge >= 0.3 is 0 Å². The molecule has 0 atom stereocenters. The van der Waals surface area contributed by atoms with Crippen molar-refractivity contribution in [2.75, 3.05) is 6.61 Å². The van der Waals surface area contributed by atoms with Gasteiger partial charge in [0.25, 0.3) is 5.91 Å². The summed E-state index contributed by atoms with van der Waals surface area (Å²) >= 11 is 4.19. The van der Waals surface area contributed by atoms with E-state index < -0.39 is 0 Å². The third kappa shape index (κ3) is 5.62. The third-order valence-corrected chi connectivity index (χ3v) is 4.46. The van der Waals surface area contributed by atoms with Crippen molar-refractivity contribution in [3.63, 3.8) is 0 Å². The number of nitrogens with one attached hydrogen (secondary N) is 1. The first-order chi connectivity index (χ1) is 11.3. The van der Waals surface area contributed by atoms with E-state index >= 15 is 0 Å². The van der Waals surface area contributed by atoms with E-state index in [1.54, 1.807) is 6.07 Å². The Hall–Kier alpha value is -1.36. The van der Waals surface area contributed by atoms with Crippen LogP contribution in [0, 0.1) is 21.0 Å². The lowest BCUT2D eigenvalue weighted by molar-refractivity contribution is -0.123. The number of carbonyl (C=O) groups excluding carboxylic acids is 1. The highest BCUT2D eigenvalue weighted by atomic mass is 127. The number of nitrogens with zero attached hydrogens (tertiary/aromatic N) is 1. The average molecular weight is 550 g/mol. The monoisotopic (exact) mass is 550 g/mol. The number of phenolic OH excluding ortho intramolecular Hbond substituents is 1. The highest BCUT2D eigenvalue weighted by molar-refractivity contribution is 14.1. The van der Waals surface area contributed by atoms with Crippen LogP contribution < -0.4 is 10.2 Å². The van der Waals surface area contributed by atoms with Crippen LogP contribution in [0.3, 0.4) is 0 Å². The van der Waals surface area contributed by atoms with Gasteiger partial charge in [0, 0.05) is 9.13 Å². The van der Waals surface area contributed by atoms with Crippen molar-refractivity contribution < 1.29 is 14.6 Å². The molecule has 2 N–H and O–H groups in total. The van der Waals surface area contributed by atoms with Gasteiger partial charge in [-0.2, -0.15) is 5.10 Å². The van der Waals surface area contributed by atoms with Gasteiger partial charge in [0.2, 0.25) is 0 Å². The molecule has 2 rings (SSSR count). The van der Waals surface area contributed by atoms with Crippen molar-refractivity contribution in [2.45, 2.75) is 13.8 Å². The quantitative estimate of drug-likeness (QED) is 0.339. The summed E-state index contributed by atoms with van der Waals surface area (Å²) in [5, 5.41) is 13.8. The standard InChI is InChI=1S/C17H16I2N2O3/c1-10-3-11(2)5-14(4-10)24-9-16(22)21-20-8-12-6-13(18)7-15(19)17(12)23/h3-8,23H,9H2,1-2H3,(H,21,22). The summed E-state index contributed by atoms with van der Waals surface area (Å²) in [6.07, 6.45) is 1.41. The zero-order valence-corrected chi connectivity index (χ0v) is 17.5. The van der Waals surface area contributed by atoms with Crippen molar-refractivity contribution in [1.82, 2.24) is 5.43 Å². The maximum absolute atomic E-state index is 11.8. The Morgan fingerprint density at radius 2 is 1.88 bits per heavy atom. The van der Waals surface area contributed by atoms with Gasteiger partial charge in [0.1, 0.15) is 11.5 Å². The number of aromatic hydroxyl groups is 1. The normalized spacial score (nSPS) is 10.8. The number of amides is 1. The van der Waals surface area contributed by atoms with Crippen LogP contribution in [0.4, 0.5) is 0 Å². The maximum Gasteiger partial charge on any atom is 0.277 e. The fourth-order valence-corrected chi connectivity index (χ4v) is 3.95. The second-order valence-corrected chi connectivity index (χ2v) is 7.64. The molecular weight excluding hydrogens is 534 g/mol. The topological polar surface area (TPSA) is 70.9 Å². The van der Waals surface area contributed by atoms with Gasteiger partial charge in [-0.15, -0.1) is 0 Å². The van der Waals surface area contributed by atoms with E-state index in [0.29, 0.717) is 11.3 Å². The van der Waals surface area contributed by atoms with Crippen LogP contribution in [0.1, 0.15) is 16.7 Å². The van der Waals surface area contributed by atoms with Crippen LogP contribution in [0.5, 0.6) is 11.5 Å². The van der Waals surface area contributed by atoms with Gasteiger partial charge < -0.3 is 9.84 Å². The van der Waals surface area contributed by atoms with Crippen molar-refractivity contribution >= 4 is 57.3 Å². The van der Waals surface area contributed by atoms with Crippen LogP contribution in [-0.2, 0) is 4.79 Å². The van der Waals surface area contributed by atoms with Crippen LogP contribution in [0.2, 0.25) is 0 Å². The van der Waals surface area contributed by atoms with Gasteiger partial charge in [-0.25, -0.2) is 5.43 Å². The predicted molar refractivity (Wildman–Crippen MR) is 111 cm³/mol. The highest BCUT2D eigenvalue weighted by Crippen LogP contribution is 2.25. The smallest absolute Gasteiger partial charge is 0.277 e.